The molecule has 1 N–H and O–H groups in total. The summed E-state index contributed by atoms with van der Waals surface area (Å²) in [5, 5.41) is 2.06. The third kappa shape index (κ3) is 4.97. The van der Waals surface area contributed by atoms with E-state index >= 15 is 0 Å². The first-order valence-electron chi connectivity index (χ1n) is 9.49. The molecule has 0 aliphatic carbocycles. The van der Waals surface area contributed by atoms with Gasteiger partial charge in [0.25, 0.3) is 0 Å². The van der Waals surface area contributed by atoms with Crippen molar-refractivity contribution in [2.45, 2.75) is 37.8 Å². The fourth-order valence-electron chi connectivity index (χ4n) is 3.65. The maximum Gasteiger partial charge on any atom is 0.240 e. The zero-order valence-electron chi connectivity index (χ0n) is 16.3. The predicted octanol–water partition coefficient (Wildman–Crippen LogP) is 3.10. The molecular formula is C20H29N3O2S2. The van der Waals surface area contributed by atoms with Crippen LogP contribution in [0.2, 0.25) is 0 Å². The number of hydrogen-bond donors (Lipinski definition) is 1. The van der Waals surface area contributed by atoms with Gasteiger partial charge >= 0.3 is 0 Å². The average molecular weight is 408 g/mol. The van der Waals surface area contributed by atoms with Crippen molar-refractivity contribution in [2.24, 2.45) is 0 Å². The first-order valence-corrected chi connectivity index (χ1v) is 11.9. The summed E-state index contributed by atoms with van der Waals surface area (Å²) < 4.78 is 28.7. The Labute approximate surface area is 167 Å². The highest BCUT2D eigenvalue weighted by Crippen LogP contribution is 2.30. The van der Waals surface area contributed by atoms with Crippen molar-refractivity contribution in [1.29, 1.82) is 0 Å². The molecule has 1 saturated heterocycles. The molecule has 27 heavy (non-hydrogen) atoms. The van der Waals surface area contributed by atoms with Crippen molar-refractivity contribution in [3.8, 4) is 0 Å². The van der Waals surface area contributed by atoms with E-state index in [1.807, 2.05) is 32.0 Å². The van der Waals surface area contributed by atoms with Crippen LogP contribution in [0, 0.1) is 6.92 Å². The zero-order chi connectivity index (χ0) is 19.4. The molecule has 1 fully saturated rings. The second-order valence-corrected chi connectivity index (χ2v) is 9.85. The van der Waals surface area contributed by atoms with Crippen molar-refractivity contribution in [3.05, 3.63) is 52.2 Å². The van der Waals surface area contributed by atoms with Gasteiger partial charge in [-0.2, -0.15) is 0 Å². The van der Waals surface area contributed by atoms with Crippen molar-refractivity contribution in [2.75, 3.05) is 32.7 Å². The molecule has 2 aromatic rings. The molecule has 1 aromatic carbocycles. The maximum absolute atomic E-state index is 12.9. The van der Waals surface area contributed by atoms with Crippen LogP contribution in [0.4, 0.5) is 0 Å². The summed E-state index contributed by atoms with van der Waals surface area (Å²) in [5.41, 5.74) is 1.05. The van der Waals surface area contributed by atoms with Gasteiger partial charge in [-0.1, -0.05) is 30.7 Å². The average Bonchev–Trinajstić information content (AvgIpc) is 3.16. The number of aryl methyl sites for hydroxylation is 1. The SMILES string of the molecule is CCN1CCN([C@H](c2cccs2)[C@@H](C)NS(=O)(=O)c2ccc(C)cc2)CC1. The first-order chi connectivity index (χ1) is 12.9. The van der Waals surface area contributed by atoms with Crippen LogP contribution in [0.15, 0.2) is 46.7 Å². The van der Waals surface area contributed by atoms with Crippen molar-refractivity contribution < 1.29 is 8.42 Å². The van der Waals surface area contributed by atoms with Crippen LogP contribution in [0.25, 0.3) is 0 Å². The first kappa shape index (κ1) is 20.5. The Bertz CT molecular complexity index is 811. The summed E-state index contributed by atoms with van der Waals surface area (Å²) in [7, 11) is -3.55. The van der Waals surface area contributed by atoms with E-state index in [4.69, 9.17) is 0 Å². The van der Waals surface area contributed by atoms with Crippen LogP contribution >= 0.6 is 11.3 Å². The number of nitrogens with zero attached hydrogens (tertiary/aromatic N) is 2. The fraction of sp³-hybridized carbons (Fsp3) is 0.500. The summed E-state index contributed by atoms with van der Waals surface area (Å²) >= 11 is 1.69. The molecule has 0 spiro atoms. The van der Waals surface area contributed by atoms with Gasteiger partial charge in [0.2, 0.25) is 10.0 Å². The summed E-state index contributed by atoms with van der Waals surface area (Å²) in [6.45, 7) is 11.1. The molecule has 1 aromatic heterocycles. The van der Waals surface area contributed by atoms with Crippen molar-refractivity contribution >= 4 is 21.4 Å². The van der Waals surface area contributed by atoms with E-state index in [9.17, 15) is 8.42 Å². The van der Waals surface area contributed by atoms with Gasteiger partial charge in [-0.3, -0.25) is 4.90 Å². The Balaban J connectivity index is 1.79. The number of likely N-dealkylation sites (N-methyl/N-ethyl adjacent to an activating group) is 1. The largest absolute Gasteiger partial charge is 0.301 e. The molecule has 0 unspecified atom stereocenters. The smallest absolute Gasteiger partial charge is 0.240 e. The van der Waals surface area contributed by atoms with Gasteiger partial charge in [-0.15, -0.1) is 11.3 Å². The summed E-state index contributed by atoms with van der Waals surface area (Å²) in [4.78, 5) is 6.38. The van der Waals surface area contributed by atoms with Gasteiger partial charge in [0.1, 0.15) is 0 Å². The molecule has 3 rings (SSSR count). The second kappa shape index (κ2) is 8.84. The molecule has 2 heterocycles. The van der Waals surface area contributed by atoms with Gasteiger partial charge in [0, 0.05) is 37.1 Å². The number of benzene rings is 1. The quantitative estimate of drug-likeness (QED) is 0.766. The van der Waals surface area contributed by atoms with Crippen LogP contribution < -0.4 is 4.72 Å². The lowest BCUT2D eigenvalue weighted by Gasteiger charge is -2.41. The predicted molar refractivity (Wildman–Crippen MR) is 112 cm³/mol. The highest BCUT2D eigenvalue weighted by molar-refractivity contribution is 7.89. The van der Waals surface area contributed by atoms with E-state index in [0.717, 1.165) is 38.3 Å². The molecule has 0 bridgehead atoms. The van der Waals surface area contributed by atoms with Crippen LogP contribution in [0.1, 0.15) is 30.3 Å². The molecule has 2 atom stereocenters. The number of nitrogens with one attached hydrogen (secondary N) is 1. The summed E-state index contributed by atoms with van der Waals surface area (Å²) in [5.74, 6) is 0. The lowest BCUT2D eigenvalue weighted by molar-refractivity contribution is 0.0888. The van der Waals surface area contributed by atoms with Crippen LogP contribution in [0.3, 0.4) is 0 Å². The number of rotatable bonds is 7. The maximum atomic E-state index is 12.9. The Hall–Kier alpha value is -1.25. The summed E-state index contributed by atoms with van der Waals surface area (Å²) in [6.07, 6.45) is 0. The lowest BCUT2D eigenvalue weighted by atomic mass is 10.1. The van der Waals surface area contributed by atoms with Gasteiger partial charge < -0.3 is 4.90 Å². The van der Waals surface area contributed by atoms with E-state index in [1.54, 1.807) is 23.5 Å². The van der Waals surface area contributed by atoms with Crippen molar-refractivity contribution in [1.82, 2.24) is 14.5 Å². The van der Waals surface area contributed by atoms with Gasteiger partial charge in [0.15, 0.2) is 0 Å². The van der Waals surface area contributed by atoms with Crippen LogP contribution in [-0.2, 0) is 10.0 Å². The minimum absolute atomic E-state index is 0.0456. The number of thiophene rings is 1. The minimum atomic E-state index is -3.55. The normalized spacial score (nSPS) is 19.1. The van der Waals surface area contributed by atoms with E-state index in [-0.39, 0.29) is 12.1 Å². The standard InChI is InChI=1S/C20H29N3O2S2/c1-4-22-11-13-23(14-12-22)20(19-6-5-15-26-19)17(3)21-27(24,25)18-9-7-16(2)8-10-18/h5-10,15,17,20-21H,4,11-14H2,1-3H3/t17-,20+/m1/s1. The Morgan fingerprint density at radius 2 is 1.78 bits per heavy atom. The fourth-order valence-corrected chi connectivity index (χ4v) is 5.87. The molecule has 7 heteroatoms. The van der Waals surface area contributed by atoms with E-state index in [2.05, 4.69) is 32.9 Å². The molecule has 5 nitrogen and oxygen atoms in total. The highest BCUT2D eigenvalue weighted by atomic mass is 32.2. The van der Waals surface area contributed by atoms with Crippen LogP contribution in [-0.4, -0.2) is 57.0 Å². The number of hydrogen-bond acceptors (Lipinski definition) is 5. The number of sulfonamides is 1. The van der Waals surface area contributed by atoms with E-state index in [1.165, 1.54) is 4.88 Å². The Kier molecular flexibility index (Phi) is 6.70. The van der Waals surface area contributed by atoms with Crippen LogP contribution in [0.5, 0.6) is 0 Å². The third-order valence-electron chi connectivity index (χ3n) is 5.23. The van der Waals surface area contributed by atoms with E-state index in [0.29, 0.717) is 4.90 Å². The second-order valence-electron chi connectivity index (χ2n) is 7.15. The Morgan fingerprint density at radius 3 is 2.33 bits per heavy atom. The van der Waals surface area contributed by atoms with Gasteiger partial charge in [-0.25, -0.2) is 13.1 Å². The molecule has 0 saturated carbocycles. The topological polar surface area (TPSA) is 52.6 Å². The van der Waals surface area contributed by atoms with Gasteiger partial charge in [-0.05, 0) is 44.0 Å². The monoisotopic (exact) mass is 407 g/mol. The zero-order valence-corrected chi connectivity index (χ0v) is 17.9. The lowest BCUT2D eigenvalue weighted by Crippen LogP contribution is -2.52. The molecule has 0 amide bonds. The number of piperazine rings is 1. The minimum Gasteiger partial charge on any atom is -0.301 e. The molecular weight excluding hydrogens is 378 g/mol. The molecule has 1 aliphatic heterocycles. The highest BCUT2D eigenvalue weighted by Gasteiger charge is 2.32. The summed E-state index contributed by atoms with van der Waals surface area (Å²) in [6, 6.07) is 11.0. The van der Waals surface area contributed by atoms with Gasteiger partial charge in [0.05, 0.1) is 10.9 Å². The Morgan fingerprint density at radius 1 is 1.11 bits per heavy atom. The van der Waals surface area contributed by atoms with E-state index < -0.39 is 10.0 Å². The van der Waals surface area contributed by atoms with Crippen molar-refractivity contribution in [3.63, 3.8) is 0 Å². The third-order valence-corrected chi connectivity index (χ3v) is 7.75. The molecule has 1 aliphatic rings. The molecule has 0 radical (unpaired) electrons. The molecule has 148 valence electrons.